The second-order valence-corrected chi connectivity index (χ2v) is 11.4. The number of carbonyl (C=O) groups excluding carboxylic acids is 3. The number of nitrogens with two attached hydrogens (primary N) is 1. The van der Waals surface area contributed by atoms with Crippen molar-refractivity contribution >= 4 is 34.4 Å². The fourth-order valence-electron chi connectivity index (χ4n) is 6.90. The Morgan fingerprint density at radius 2 is 1.80 bits per heavy atom. The number of rotatable bonds is 6. The van der Waals surface area contributed by atoms with Crippen LogP contribution in [0.15, 0.2) is 60.8 Å². The van der Waals surface area contributed by atoms with E-state index in [0.717, 1.165) is 59.8 Å². The lowest BCUT2D eigenvalue weighted by Gasteiger charge is -2.34. The Morgan fingerprint density at radius 1 is 1.00 bits per heavy atom. The van der Waals surface area contributed by atoms with E-state index in [1.807, 2.05) is 37.3 Å². The lowest BCUT2D eigenvalue weighted by atomic mass is 9.86. The number of amides is 3. The Kier molecular flexibility index (Phi) is 5.73. The van der Waals surface area contributed by atoms with Gasteiger partial charge < -0.3 is 20.5 Å². The van der Waals surface area contributed by atoms with Gasteiger partial charge in [0.05, 0.1) is 5.56 Å². The minimum Gasteiger partial charge on any atom is -0.366 e. The molecule has 4 aromatic rings. The van der Waals surface area contributed by atoms with Crippen LogP contribution in [0.25, 0.3) is 22.0 Å². The van der Waals surface area contributed by atoms with Gasteiger partial charge in [-0.3, -0.25) is 14.4 Å². The first-order valence-corrected chi connectivity index (χ1v) is 14.0. The first kappa shape index (κ1) is 24.6. The molecular formula is C32H31N5O3. The maximum absolute atomic E-state index is 13.8. The number of pyridine rings is 1. The van der Waals surface area contributed by atoms with Gasteiger partial charge in [0.2, 0.25) is 11.8 Å². The van der Waals surface area contributed by atoms with Gasteiger partial charge in [0, 0.05) is 28.8 Å². The molecule has 2 aromatic carbocycles. The summed E-state index contributed by atoms with van der Waals surface area (Å²) in [6, 6.07) is 17.5. The smallest absolute Gasteiger partial charge is 0.250 e. The van der Waals surface area contributed by atoms with Crippen LogP contribution < -0.4 is 11.1 Å². The number of carbonyl (C=O) groups is 3. The number of piperidine rings is 1. The molecule has 0 unspecified atom stereocenters. The number of aryl methyl sites for hydroxylation is 3. The highest BCUT2D eigenvalue weighted by molar-refractivity contribution is 6.07. The Hall–Kier alpha value is -4.46. The third-order valence-corrected chi connectivity index (χ3v) is 8.94. The van der Waals surface area contributed by atoms with E-state index in [0.29, 0.717) is 11.4 Å². The molecule has 2 fully saturated rings. The van der Waals surface area contributed by atoms with Crippen LogP contribution in [0.2, 0.25) is 0 Å². The van der Waals surface area contributed by atoms with Gasteiger partial charge in [0.25, 0.3) is 5.91 Å². The van der Waals surface area contributed by atoms with Gasteiger partial charge in [-0.05, 0) is 91.5 Å². The maximum atomic E-state index is 13.8. The molecule has 3 aliphatic rings. The number of anilines is 1. The van der Waals surface area contributed by atoms with Crippen LogP contribution in [0.1, 0.15) is 46.4 Å². The quantitative estimate of drug-likeness (QED) is 0.387. The number of likely N-dealkylation sites (tertiary alicyclic amines) is 1. The molecule has 1 saturated carbocycles. The number of fused-ring (bicyclic) bond motifs is 4. The van der Waals surface area contributed by atoms with Gasteiger partial charge in [0.1, 0.15) is 18.4 Å². The fourth-order valence-corrected chi connectivity index (χ4v) is 6.90. The molecule has 8 heteroatoms. The van der Waals surface area contributed by atoms with Gasteiger partial charge in [-0.1, -0.05) is 30.3 Å². The third kappa shape index (κ3) is 4.06. The number of benzene rings is 2. The van der Waals surface area contributed by atoms with E-state index in [4.69, 9.17) is 5.73 Å². The summed E-state index contributed by atoms with van der Waals surface area (Å²) in [6.45, 7) is 1.90. The van der Waals surface area contributed by atoms with Crippen LogP contribution in [0, 0.1) is 12.8 Å². The number of nitrogens with zero attached hydrogens (tertiary/aromatic N) is 3. The second-order valence-electron chi connectivity index (χ2n) is 11.4. The Labute approximate surface area is 232 Å². The molecule has 3 heterocycles. The van der Waals surface area contributed by atoms with Gasteiger partial charge >= 0.3 is 0 Å². The molecule has 3 amide bonds. The summed E-state index contributed by atoms with van der Waals surface area (Å²) in [6.07, 6.45) is 6.54. The van der Waals surface area contributed by atoms with E-state index in [1.54, 1.807) is 21.7 Å². The van der Waals surface area contributed by atoms with E-state index in [9.17, 15) is 14.4 Å². The maximum Gasteiger partial charge on any atom is 0.250 e. The molecule has 3 N–H and O–H groups in total. The van der Waals surface area contributed by atoms with Crippen molar-refractivity contribution in [2.75, 3.05) is 5.32 Å². The van der Waals surface area contributed by atoms with Crippen molar-refractivity contribution in [3.8, 4) is 11.1 Å². The molecule has 2 aliphatic carbocycles. The zero-order valence-electron chi connectivity index (χ0n) is 22.4. The molecule has 7 rings (SSSR count). The zero-order chi connectivity index (χ0) is 27.5. The predicted molar refractivity (Wildman–Crippen MR) is 153 cm³/mol. The van der Waals surface area contributed by atoms with Crippen molar-refractivity contribution in [1.29, 1.82) is 0 Å². The van der Waals surface area contributed by atoms with Gasteiger partial charge in [-0.25, -0.2) is 4.98 Å². The monoisotopic (exact) mass is 533 g/mol. The molecule has 0 radical (unpaired) electrons. The second kappa shape index (κ2) is 9.33. The highest BCUT2D eigenvalue weighted by atomic mass is 16.2. The first-order chi connectivity index (χ1) is 19.4. The van der Waals surface area contributed by atoms with Crippen molar-refractivity contribution in [1.82, 2.24) is 14.5 Å². The van der Waals surface area contributed by atoms with E-state index in [2.05, 4.69) is 28.5 Å². The summed E-state index contributed by atoms with van der Waals surface area (Å²) in [4.78, 5) is 45.8. The van der Waals surface area contributed by atoms with Gasteiger partial charge in [-0.15, -0.1) is 0 Å². The summed E-state index contributed by atoms with van der Waals surface area (Å²) < 4.78 is 1.79. The van der Waals surface area contributed by atoms with Gasteiger partial charge in [-0.2, -0.15) is 0 Å². The number of aromatic nitrogens is 2. The number of nitrogens with one attached hydrogen (secondary N) is 1. The predicted octanol–water partition coefficient (Wildman–Crippen LogP) is 4.23. The molecule has 8 nitrogen and oxygen atoms in total. The lowest BCUT2D eigenvalue weighted by Crippen LogP contribution is -2.51. The number of hydrogen-bond donors (Lipinski definition) is 2. The molecule has 1 aliphatic heterocycles. The van der Waals surface area contributed by atoms with Crippen LogP contribution >= 0.6 is 0 Å². The van der Waals surface area contributed by atoms with Crippen molar-refractivity contribution in [2.24, 2.45) is 11.7 Å². The minimum absolute atomic E-state index is 0.0255. The normalized spacial score (nSPS) is 20.8. The molecule has 1 saturated heterocycles. The molecule has 2 bridgehead atoms. The Bertz CT molecular complexity index is 1710. The van der Waals surface area contributed by atoms with E-state index in [1.165, 1.54) is 11.1 Å². The molecular weight excluding hydrogens is 502 g/mol. The SMILES string of the molecule is Cc1cccc(NC(=O)[C@@H]2[C@H]3CC[C@H](C3)N2C(=O)Cn2cc(C(N)=O)c3cc(-c4ccc5c(c4)CC5)ccc32)n1. The highest BCUT2D eigenvalue weighted by Crippen LogP contribution is 2.43. The van der Waals surface area contributed by atoms with Gasteiger partial charge in [0.15, 0.2) is 0 Å². The van der Waals surface area contributed by atoms with E-state index >= 15 is 0 Å². The fraction of sp³-hybridized carbons (Fsp3) is 0.312. The van der Waals surface area contributed by atoms with Crippen molar-refractivity contribution in [2.45, 2.75) is 57.7 Å². The van der Waals surface area contributed by atoms with Crippen molar-refractivity contribution in [3.05, 3.63) is 83.2 Å². The minimum atomic E-state index is -0.534. The summed E-state index contributed by atoms with van der Waals surface area (Å²) >= 11 is 0. The third-order valence-electron chi connectivity index (χ3n) is 8.94. The average molecular weight is 534 g/mol. The first-order valence-electron chi connectivity index (χ1n) is 14.0. The zero-order valence-corrected chi connectivity index (χ0v) is 22.4. The van der Waals surface area contributed by atoms with Crippen LogP contribution in [0.4, 0.5) is 5.82 Å². The molecule has 3 atom stereocenters. The summed E-state index contributed by atoms with van der Waals surface area (Å²) in [5.41, 5.74) is 12.6. The topological polar surface area (TPSA) is 110 Å². The highest BCUT2D eigenvalue weighted by Gasteiger charge is 2.51. The molecule has 202 valence electrons. The molecule has 0 spiro atoms. The van der Waals surface area contributed by atoms with E-state index < -0.39 is 11.9 Å². The summed E-state index contributed by atoms with van der Waals surface area (Å²) in [5, 5.41) is 3.65. The van der Waals surface area contributed by atoms with Crippen molar-refractivity contribution < 1.29 is 14.4 Å². The standard InChI is InChI=1S/C32H31N5O3/c1-18-3-2-4-28(34-18)35-32(40)30-23-9-11-24(14-23)37(30)29(38)17-36-16-26(31(33)39)25-15-22(10-12-27(25)36)21-8-6-19-5-7-20(19)13-21/h2-4,6,8,10,12-13,15-16,23-24,30H,5,7,9,11,14,17H2,1H3,(H2,33,39)(H,34,35,40)/t23-,24+,30-/m0/s1. The Morgan fingerprint density at radius 3 is 2.55 bits per heavy atom. The summed E-state index contributed by atoms with van der Waals surface area (Å²) in [5.74, 6) is -0.243. The summed E-state index contributed by atoms with van der Waals surface area (Å²) in [7, 11) is 0. The number of primary amides is 1. The van der Waals surface area contributed by atoms with E-state index in [-0.39, 0.29) is 30.3 Å². The van der Waals surface area contributed by atoms with Crippen LogP contribution in [-0.2, 0) is 29.0 Å². The number of hydrogen-bond acceptors (Lipinski definition) is 4. The molecule has 40 heavy (non-hydrogen) atoms. The Balaban J connectivity index is 1.17. The average Bonchev–Trinajstić information content (AvgIpc) is 3.63. The van der Waals surface area contributed by atoms with Crippen LogP contribution in [0.3, 0.4) is 0 Å². The lowest BCUT2D eigenvalue weighted by molar-refractivity contribution is -0.141. The van der Waals surface area contributed by atoms with Crippen LogP contribution in [-0.4, -0.2) is 44.3 Å². The van der Waals surface area contributed by atoms with Crippen molar-refractivity contribution in [3.63, 3.8) is 0 Å². The van der Waals surface area contributed by atoms with Crippen LogP contribution in [0.5, 0.6) is 0 Å². The largest absolute Gasteiger partial charge is 0.366 e. The molecule has 2 aromatic heterocycles.